The van der Waals surface area contributed by atoms with Crippen molar-refractivity contribution in [2.45, 2.75) is 0 Å². The Morgan fingerprint density at radius 2 is 1.93 bits per heavy atom. The van der Waals surface area contributed by atoms with Crippen molar-refractivity contribution in [2.24, 2.45) is 0 Å². The molecule has 0 aliphatic rings. The van der Waals surface area contributed by atoms with Gasteiger partial charge in [0.15, 0.2) is 0 Å². The molecule has 1 aromatic rings. The minimum absolute atomic E-state index is 0. The molecule has 0 aromatic heterocycles. The van der Waals surface area contributed by atoms with Crippen LogP contribution in [0.1, 0.15) is 5.56 Å². The minimum atomic E-state index is -1.60. The van der Waals surface area contributed by atoms with Crippen LogP contribution in [0.4, 0.5) is 0 Å². The SMILES string of the molecule is COc1ccc(C=C(O)C(=O)[O-])cc1.[Na+]. The van der Waals surface area contributed by atoms with Gasteiger partial charge in [0.1, 0.15) is 17.5 Å². The van der Waals surface area contributed by atoms with Crippen LogP contribution in [-0.2, 0) is 4.79 Å². The molecule has 0 fully saturated rings. The number of carbonyl (C=O) groups is 1. The number of benzene rings is 1. The largest absolute Gasteiger partial charge is 1.00 e. The summed E-state index contributed by atoms with van der Waals surface area (Å²) >= 11 is 0. The molecule has 1 aromatic carbocycles. The van der Waals surface area contributed by atoms with Crippen molar-refractivity contribution in [2.75, 3.05) is 7.11 Å². The van der Waals surface area contributed by atoms with Crippen LogP contribution in [-0.4, -0.2) is 18.2 Å². The fourth-order valence-corrected chi connectivity index (χ4v) is 0.917. The first-order chi connectivity index (χ1) is 6.63. The van der Waals surface area contributed by atoms with Crippen LogP contribution in [0.5, 0.6) is 5.75 Å². The Hall–Kier alpha value is -0.970. The summed E-state index contributed by atoms with van der Waals surface area (Å²) < 4.78 is 4.91. The predicted molar refractivity (Wildman–Crippen MR) is 48.6 cm³/mol. The third-order valence-corrected chi connectivity index (χ3v) is 1.63. The van der Waals surface area contributed by atoms with E-state index < -0.39 is 11.7 Å². The van der Waals surface area contributed by atoms with E-state index in [-0.39, 0.29) is 29.6 Å². The second kappa shape index (κ2) is 6.50. The normalized spacial score (nSPS) is 10.3. The van der Waals surface area contributed by atoms with Crippen molar-refractivity contribution >= 4 is 12.0 Å². The minimum Gasteiger partial charge on any atom is -0.542 e. The fraction of sp³-hybridized carbons (Fsp3) is 0.100. The molecular weight excluding hydrogens is 207 g/mol. The molecule has 0 aliphatic carbocycles. The number of ether oxygens (including phenoxy) is 1. The van der Waals surface area contributed by atoms with Crippen molar-refractivity contribution in [1.29, 1.82) is 0 Å². The van der Waals surface area contributed by atoms with Crippen LogP contribution < -0.4 is 39.4 Å². The van der Waals surface area contributed by atoms with Gasteiger partial charge in [-0.25, -0.2) is 0 Å². The van der Waals surface area contributed by atoms with E-state index in [0.29, 0.717) is 11.3 Å². The van der Waals surface area contributed by atoms with Gasteiger partial charge < -0.3 is 19.7 Å². The van der Waals surface area contributed by atoms with Gasteiger partial charge in [0.05, 0.1) is 7.11 Å². The van der Waals surface area contributed by atoms with Gasteiger partial charge >= 0.3 is 29.6 Å². The summed E-state index contributed by atoms with van der Waals surface area (Å²) in [5, 5.41) is 19.0. The molecule has 0 amide bonds. The Morgan fingerprint density at radius 1 is 1.40 bits per heavy atom. The summed E-state index contributed by atoms with van der Waals surface area (Å²) in [6.45, 7) is 0. The fourth-order valence-electron chi connectivity index (χ4n) is 0.917. The van der Waals surface area contributed by atoms with Crippen LogP contribution in [0.3, 0.4) is 0 Å². The van der Waals surface area contributed by atoms with Crippen LogP contribution in [0.25, 0.3) is 6.08 Å². The van der Waals surface area contributed by atoms with Gasteiger partial charge in [0, 0.05) is 0 Å². The summed E-state index contributed by atoms with van der Waals surface area (Å²) in [4.78, 5) is 10.2. The maximum absolute atomic E-state index is 10.2. The summed E-state index contributed by atoms with van der Waals surface area (Å²) in [6.07, 6.45) is 1.11. The number of carbonyl (C=O) groups excluding carboxylic acids is 1. The Bertz CT molecular complexity index is 356. The molecule has 0 radical (unpaired) electrons. The predicted octanol–water partition coefficient (Wildman–Crippen LogP) is -2.65. The molecule has 1 N–H and O–H groups in total. The van der Waals surface area contributed by atoms with E-state index in [1.54, 1.807) is 24.3 Å². The summed E-state index contributed by atoms with van der Waals surface area (Å²) in [6, 6.07) is 6.57. The first-order valence-corrected chi connectivity index (χ1v) is 3.89. The van der Waals surface area contributed by atoms with Gasteiger partial charge in [-0.3, -0.25) is 0 Å². The monoisotopic (exact) mass is 216 g/mol. The van der Waals surface area contributed by atoms with E-state index in [4.69, 9.17) is 9.84 Å². The molecule has 0 bridgehead atoms. The van der Waals surface area contributed by atoms with E-state index in [1.807, 2.05) is 0 Å². The molecule has 4 nitrogen and oxygen atoms in total. The molecule has 0 atom stereocenters. The maximum atomic E-state index is 10.2. The van der Waals surface area contributed by atoms with Gasteiger partial charge in [-0.2, -0.15) is 0 Å². The smallest absolute Gasteiger partial charge is 0.542 e. The van der Waals surface area contributed by atoms with E-state index in [2.05, 4.69) is 0 Å². The number of methoxy groups -OCH3 is 1. The zero-order valence-corrected chi connectivity index (χ0v) is 10.6. The zero-order chi connectivity index (χ0) is 10.6. The van der Waals surface area contributed by atoms with Crippen molar-refractivity contribution in [1.82, 2.24) is 0 Å². The molecule has 5 heteroatoms. The van der Waals surface area contributed by atoms with E-state index in [9.17, 15) is 9.90 Å². The number of carboxylic acids is 1. The molecule has 0 saturated carbocycles. The second-order valence-corrected chi connectivity index (χ2v) is 2.59. The molecule has 0 aliphatic heterocycles. The van der Waals surface area contributed by atoms with Crippen LogP contribution >= 0.6 is 0 Å². The number of aliphatic carboxylic acids is 1. The molecule has 1 rings (SSSR count). The standard InChI is InChI=1S/C10H10O4.Na/c1-14-8-4-2-7(3-5-8)6-9(11)10(12)13;/h2-6,11H,1H3,(H,12,13);/q;+1/p-1. The van der Waals surface area contributed by atoms with Crippen molar-refractivity contribution in [3.05, 3.63) is 35.6 Å². The van der Waals surface area contributed by atoms with E-state index in [0.717, 1.165) is 6.08 Å². The van der Waals surface area contributed by atoms with Crippen molar-refractivity contribution in [3.63, 3.8) is 0 Å². The van der Waals surface area contributed by atoms with Crippen LogP contribution in [0.2, 0.25) is 0 Å². The number of hydrogen-bond donors (Lipinski definition) is 1. The Kier molecular flexibility index (Phi) is 6.08. The molecule has 0 unspecified atom stereocenters. The molecular formula is C10H9NaO4. The Morgan fingerprint density at radius 3 is 2.33 bits per heavy atom. The number of hydrogen-bond acceptors (Lipinski definition) is 4. The average molecular weight is 216 g/mol. The average Bonchev–Trinajstić information content (AvgIpc) is 2.19. The van der Waals surface area contributed by atoms with E-state index >= 15 is 0 Å². The van der Waals surface area contributed by atoms with Crippen molar-refractivity contribution in [3.8, 4) is 5.75 Å². The number of rotatable bonds is 3. The van der Waals surface area contributed by atoms with Gasteiger partial charge in [0.2, 0.25) is 0 Å². The quantitative estimate of drug-likeness (QED) is 0.340. The van der Waals surface area contributed by atoms with Gasteiger partial charge in [-0.05, 0) is 23.8 Å². The third-order valence-electron chi connectivity index (χ3n) is 1.63. The molecule has 0 spiro atoms. The Labute approximate surface area is 109 Å². The number of carboxylic acid groups (broad SMARTS) is 1. The third kappa shape index (κ3) is 4.38. The van der Waals surface area contributed by atoms with Gasteiger partial charge in [-0.1, -0.05) is 12.1 Å². The van der Waals surface area contributed by atoms with Crippen LogP contribution in [0, 0.1) is 0 Å². The maximum Gasteiger partial charge on any atom is 1.00 e. The van der Waals surface area contributed by atoms with Crippen LogP contribution in [0.15, 0.2) is 30.0 Å². The number of aliphatic hydroxyl groups excluding tert-OH is 1. The summed E-state index contributed by atoms with van der Waals surface area (Å²) in [5.41, 5.74) is 0.563. The molecule has 74 valence electrons. The van der Waals surface area contributed by atoms with Gasteiger partial charge in [-0.15, -0.1) is 0 Å². The van der Waals surface area contributed by atoms with Crippen molar-refractivity contribution < 1.29 is 49.3 Å². The summed E-state index contributed by atoms with van der Waals surface area (Å²) in [7, 11) is 1.53. The number of aliphatic hydroxyl groups is 1. The molecule has 15 heavy (non-hydrogen) atoms. The second-order valence-electron chi connectivity index (χ2n) is 2.59. The molecule has 0 heterocycles. The van der Waals surface area contributed by atoms with E-state index in [1.165, 1.54) is 7.11 Å². The van der Waals surface area contributed by atoms with Gasteiger partial charge in [0.25, 0.3) is 0 Å². The first kappa shape index (κ1) is 14.0. The topological polar surface area (TPSA) is 69.6 Å². The molecule has 0 saturated heterocycles. The Balaban J connectivity index is 0.00000196. The first-order valence-electron chi connectivity index (χ1n) is 3.89. The summed E-state index contributed by atoms with van der Waals surface area (Å²) in [5.74, 6) is -1.73. The zero-order valence-electron chi connectivity index (χ0n) is 8.56.